The van der Waals surface area contributed by atoms with Gasteiger partial charge in [0.1, 0.15) is 4.88 Å². The lowest BCUT2D eigenvalue weighted by Gasteiger charge is -2.25. The molecule has 1 aliphatic rings. The van der Waals surface area contributed by atoms with Crippen molar-refractivity contribution >= 4 is 28.3 Å². The van der Waals surface area contributed by atoms with Crippen LogP contribution in [0.15, 0.2) is 18.2 Å². The highest BCUT2D eigenvalue weighted by atomic mass is 32.1. The van der Waals surface area contributed by atoms with Crippen LogP contribution < -0.4 is 25.2 Å². The Bertz CT molecular complexity index is 895. The Morgan fingerprint density at radius 2 is 1.77 bits per heavy atom. The predicted octanol–water partition coefficient (Wildman–Crippen LogP) is 2.16. The number of thiazole rings is 1. The van der Waals surface area contributed by atoms with Crippen molar-refractivity contribution in [3.05, 3.63) is 34.3 Å². The Labute approximate surface area is 179 Å². The zero-order valence-electron chi connectivity index (χ0n) is 17.3. The van der Waals surface area contributed by atoms with Crippen molar-refractivity contribution in [1.82, 2.24) is 15.8 Å². The first-order valence-corrected chi connectivity index (χ1v) is 10.7. The van der Waals surface area contributed by atoms with Gasteiger partial charge >= 0.3 is 0 Å². The number of aromatic nitrogens is 1. The van der Waals surface area contributed by atoms with Crippen molar-refractivity contribution in [3.63, 3.8) is 0 Å². The number of nitrogens with one attached hydrogen (secondary N) is 2. The van der Waals surface area contributed by atoms with Crippen LogP contribution in [0, 0.1) is 6.92 Å². The van der Waals surface area contributed by atoms with Crippen molar-refractivity contribution < 1.29 is 23.8 Å². The Morgan fingerprint density at radius 3 is 2.47 bits per heavy atom. The quantitative estimate of drug-likeness (QED) is 0.644. The van der Waals surface area contributed by atoms with Crippen LogP contribution >= 0.6 is 11.3 Å². The maximum absolute atomic E-state index is 12.6. The van der Waals surface area contributed by atoms with E-state index >= 15 is 0 Å². The summed E-state index contributed by atoms with van der Waals surface area (Å²) in [5.74, 6) is 0.180. The number of hydrazine groups is 1. The largest absolute Gasteiger partial charge is 0.490 e. The molecule has 0 atom stereocenters. The number of morpholine rings is 1. The van der Waals surface area contributed by atoms with E-state index in [1.165, 1.54) is 11.3 Å². The van der Waals surface area contributed by atoms with E-state index in [1.54, 1.807) is 25.1 Å². The third-order valence-electron chi connectivity index (χ3n) is 4.37. The smallest absolute Gasteiger partial charge is 0.281 e. The molecule has 0 saturated carbocycles. The van der Waals surface area contributed by atoms with E-state index in [4.69, 9.17) is 14.2 Å². The molecule has 30 heavy (non-hydrogen) atoms. The lowest BCUT2D eigenvalue weighted by atomic mass is 10.2. The van der Waals surface area contributed by atoms with Gasteiger partial charge in [-0.3, -0.25) is 20.4 Å². The predicted molar refractivity (Wildman–Crippen MR) is 114 cm³/mol. The number of hydrogen-bond donors (Lipinski definition) is 2. The van der Waals surface area contributed by atoms with Gasteiger partial charge in [-0.2, -0.15) is 0 Å². The molecule has 0 unspecified atom stereocenters. The van der Waals surface area contributed by atoms with Crippen LogP contribution in [0.4, 0.5) is 5.13 Å². The average Bonchev–Trinajstić information content (AvgIpc) is 3.15. The summed E-state index contributed by atoms with van der Waals surface area (Å²) in [6, 6.07) is 4.88. The molecule has 9 nitrogen and oxygen atoms in total. The zero-order chi connectivity index (χ0) is 21.5. The van der Waals surface area contributed by atoms with Gasteiger partial charge in [-0.1, -0.05) is 11.3 Å². The van der Waals surface area contributed by atoms with Crippen LogP contribution in [0.2, 0.25) is 0 Å². The molecule has 2 heterocycles. The Morgan fingerprint density at radius 1 is 1.10 bits per heavy atom. The highest BCUT2D eigenvalue weighted by Gasteiger charge is 2.21. The topological polar surface area (TPSA) is 102 Å². The fourth-order valence-corrected chi connectivity index (χ4v) is 3.93. The maximum atomic E-state index is 12.6. The Hall–Kier alpha value is -2.85. The van der Waals surface area contributed by atoms with E-state index in [2.05, 4.69) is 20.7 Å². The minimum absolute atomic E-state index is 0.345. The van der Waals surface area contributed by atoms with E-state index in [1.807, 2.05) is 13.8 Å². The molecule has 1 aromatic carbocycles. The first-order chi connectivity index (χ1) is 14.5. The lowest BCUT2D eigenvalue weighted by Crippen LogP contribution is -2.41. The van der Waals surface area contributed by atoms with E-state index in [0.717, 1.165) is 18.2 Å². The first-order valence-electron chi connectivity index (χ1n) is 9.83. The number of benzene rings is 1. The van der Waals surface area contributed by atoms with Crippen LogP contribution in [0.25, 0.3) is 0 Å². The normalized spacial score (nSPS) is 13.6. The summed E-state index contributed by atoms with van der Waals surface area (Å²) in [4.78, 5) is 32.1. The zero-order valence-corrected chi connectivity index (χ0v) is 18.1. The second-order valence-corrected chi connectivity index (χ2v) is 7.42. The molecular formula is C20H26N4O5S. The lowest BCUT2D eigenvalue weighted by molar-refractivity contribution is 0.0848. The molecule has 2 N–H and O–H groups in total. The summed E-state index contributed by atoms with van der Waals surface area (Å²) >= 11 is 1.30. The first kappa shape index (κ1) is 21.8. The molecule has 0 spiro atoms. The van der Waals surface area contributed by atoms with Crippen molar-refractivity contribution in [2.75, 3.05) is 44.4 Å². The molecule has 2 aromatic rings. The number of carbonyl (C=O) groups excluding carboxylic acids is 2. The van der Waals surface area contributed by atoms with Gasteiger partial charge in [0.25, 0.3) is 11.8 Å². The van der Waals surface area contributed by atoms with Gasteiger partial charge < -0.3 is 19.1 Å². The second kappa shape index (κ2) is 10.3. The Balaban J connectivity index is 1.64. The van der Waals surface area contributed by atoms with Gasteiger partial charge in [0.15, 0.2) is 16.6 Å². The molecule has 1 saturated heterocycles. The number of amides is 2. The third-order valence-corrected chi connectivity index (χ3v) is 5.59. The van der Waals surface area contributed by atoms with Gasteiger partial charge in [-0.15, -0.1) is 0 Å². The van der Waals surface area contributed by atoms with Crippen LogP contribution in [0.5, 0.6) is 11.5 Å². The van der Waals surface area contributed by atoms with E-state index < -0.39 is 11.8 Å². The van der Waals surface area contributed by atoms with Crippen LogP contribution in [0.1, 0.15) is 39.6 Å². The fourth-order valence-electron chi connectivity index (χ4n) is 2.92. The molecule has 0 aliphatic carbocycles. The van der Waals surface area contributed by atoms with Crippen LogP contribution in [-0.4, -0.2) is 56.3 Å². The number of rotatable bonds is 7. The van der Waals surface area contributed by atoms with Crippen molar-refractivity contribution in [3.8, 4) is 11.5 Å². The minimum atomic E-state index is -0.456. The van der Waals surface area contributed by atoms with Gasteiger partial charge in [-0.25, -0.2) is 4.98 Å². The summed E-state index contributed by atoms with van der Waals surface area (Å²) < 4.78 is 16.4. The molecule has 2 amide bonds. The van der Waals surface area contributed by atoms with E-state index in [0.29, 0.717) is 54.1 Å². The van der Waals surface area contributed by atoms with Crippen molar-refractivity contribution in [1.29, 1.82) is 0 Å². The molecule has 1 aromatic heterocycles. The van der Waals surface area contributed by atoms with Gasteiger partial charge in [-0.05, 0) is 39.0 Å². The molecule has 0 radical (unpaired) electrons. The summed E-state index contributed by atoms with van der Waals surface area (Å²) in [5.41, 5.74) is 5.87. The number of carbonyl (C=O) groups is 2. The molecule has 162 valence electrons. The molecule has 1 fully saturated rings. The van der Waals surface area contributed by atoms with Crippen molar-refractivity contribution in [2.45, 2.75) is 20.8 Å². The average molecular weight is 435 g/mol. The van der Waals surface area contributed by atoms with Crippen LogP contribution in [-0.2, 0) is 4.74 Å². The number of nitrogens with zero attached hydrogens (tertiary/aromatic N) is 2. The van der Waals surface area contributed by atoms with Gasteiger partial charge in [0.05, 0.1) is 32.1 Å². The summed E-state index contributed by atoms with van der Waals surface area (Å²) in [6.07, 6.45) is 0. The Kier molecular flexibility index (Phi) is 7.47. The second-order valence-electron chi connectivity index (χ2n) is 6.45. The molecule has 1 aliphatic heterocycles. The van der Waals surface area contributed by atoms with Gasteiger partial charge in [0.2, 0.25) is 0 Å². The number of hydrogen-bond acceptors (Lipinski definition) is 8. The van der Waals surface area contributed by atoms with Gasteiger partial charge in [0, 0.05) is 18.7 Å². The standard InChI is InChI=1S/C20H26N4O5S/c1-4-28-15-7-6-14(12-16(15)29-5-2)18(25)22-23-19(26)17-13(3)21-20(30-17)24-8-10-27-11-9-24/h6-7,12H,4-5,8-11H2,1-3H3,(H,22,25)(H,23,26). The van der Waals surface area contributed by atoms with E-state index in [9.17, 15) is 9.59 Å². The third kappa shape index (κ3) is 5.19. The molecular weight excluding hydrogens is 408 g/mol. The summed E-state index contributed by atoms with van der Waals surface area (Å²) in [5, 5.41) is 0.778. The molecule has 0 bridgehead atoms. The molecule has 10 heteroatoms. The SMILES string of the molecule is CCOc1ccc(C(=O)NNC(=O)c2sc(N3CCOCC3)nc2C)cc1OCC. The van der Waals surface area contributed by atoms with Crippen molar-refractivity contribution in [2.24, 2.45) is 0 Å². The van der Waals surface area contributed by atoms with E-state index in [-0.39, 0.29) is 0 Å². The minimum Gasteiger partial charge on any atom is -0.490 e. The molecule has 3 rings (SSSR count). The number of aryl methyl sites for hydroxylation is 1. The van der Waals surface area contributed by atoms with Crippen LogP contribution in [0.3, 0.4) is 0 Å². The monoisotopic (exact) mass is 434 g/mol. The maximum Gasteiger partial charge on any atom is 0.281 e. The number of ether oxygens (including phenoxy) is 3. The highest BCUT2D eigenvalue weighted by molar-refractivity contribution is 7.17. The highest BCUT2D eigenvalue weighted by Crippen LogP contribution is 2.29. The summed E-state index contributed by atoms with van der Waals surface area (Å²) in [7, 11) is 0. The number of anilines is 1. The summed E-state index contributed by atoms with van der Waals surface area (Å²) in [6.45, 7) is 9.20. The fraction of sp³-hybridized carbons (Fsp3) is 0.450.